The van der Waals surface area contributed by atoms with Gasteiger partial charge in [-0.15, -0.1) is 0 Å². The average molecular weight is 282 g/mol. The number of phenols is 1. The molecule has 0 spiro atoms. The molecule has 1 amide bonds. The molecule has 2 N–H and O–H groups in total. The van der Waals surface area contributed by atoms with Crippen molar-refractivity contribution in [1.29, 1.82) is 0 Å². The molecule has 3 aromatic rings. The molecular formula is C15H14N4O2. The summed E-state index contributed by atoms with van der Waals surface area (Å²) in [6.45, 7) is 3.61. The molecule has 106 valence electrons. The van der Waals surface area contributed by atoms with E-state index in [2.05, 4.69) is 15.4 Å². The highest BCUT2D eigenvalue weighted by molar-refractivity contribution is 6.09. The second kappa shape index (κ2) is 4.90. The van der Waals surface area contributed by atoms with Crippen LogP contribution in [0.3, 0.4) is 0 Å². The normalized spacial score (nSPS) is 10.8. The number of aromatic nitrogens is 3. The molecule has 2 aromatic heterocycles. The van der Waals surface area contributed by atoms with E-state index in [0.29, 0.717) is 22.6 Å². The van der Waals surface area contributed by atoms with Gasteiger partial charge in [-0.2, -0.15) is 5.10 Å². The second-order valence-corrected chi connectivity index (χ2v) is 4.82. The summed E-state index contributed by atoms with van der Waals surface area (Å²) in [5.74, 6) is -0.314. The zero-order valence-corrected chi connectivity index (χ0v) is 11.7. The van der Waals surface area contributed by atoms with E-state index < -0.39 is 0 Å². The van der Waals surface area contributed by atoms with E-state index in [9.17, 15) is 9.90 Å². The van der Waals surface area contributed by atoms with Crippen LogP contribution < -0.4 is 5.32 Å². The van der Waals surface area contributed by atoms with E-state index in [1.807, 2.05) is 13.0 Å². The molecule has 0 radical (unpaired) electrons. The number of benzene rings is 1. The van der Waals surface area contributed by atoms with E-state index in [0.717, 1.165) is 5.56 Å². The van der Waals surface area contributed by atoms with Crippen LogP contribution in [0.1, 0.15) is 21.6 Å². The predicted octanol–water partition coefficient (Wildman–Crippen LogP) is 2.30. The molecule has 6 nitrogen and oxygen atoms in total. The molecule has 0 saturated heterocycles. The van der Waals surface area contributed by atoms with Crippen LogP contribution in [0.4, 0.5) is 5.69 Å². The van der Waals surface area contributed by atoms with Crippen LogP contribution >= 0.6 is 0 Å². The minimum absolute atomic E-state index is 0.0328. The van der Waals surface area contributed by atoms with E-state index in [-0.39, 0.29) is 11.7 Å². The number of fused-ring (bicyclic) bond motifs is 1. The number of hydrogen-bond donors (Lipinski definition) is 2. The van der Waals surface area contributed by atoms with Gasteiger partial charge in [0.25, 0.3) is 5.91 Å². The highest BCUT2D eigenvalue weighted by Crippen LogP contribution is 2.25. The molecule has 0 aliphatic rings. The summed E-state index contributed by atoms with van der Waals surface area (Å²) < 4.78 is 1.55. The molecule has 0 aliphatic carbocycles. The van der Waals surface area contributed by atoms with Crippen molar-refractivity contribution in [2.45, 2.75) is 13.8 Å². The van der Waals surface area contributed by atoms with Gasteiger partial charge in [0.05, 0.1) is 11.4 Å². The summed E-state index contributed by atoms with van der Waals surface area (Å²) in [7, 11) is 0. The molecule has 0 bridgehead atoms. The summed E-state index contributed by atoms with van der Waals surface area (Å²) in [6.07, 6.45) is 3.34. The fourth-order valence-corrected chi connectivity index (χ4v) is 2.19. The number of amides is 1. The first kappa shape index (κ1) is 13.1. The number of carbonyl (C=O) groups is 1. The molecule has 2 heterocycles. The Morgan fingerprint density at radius 2 is 2.14 bits per heavy atom. The Labute approximate surface area is 121 Å². The van der Waals surface area contributed by atoms with Gasteiger partial charge in [0, 0.05) is 12.4 Å². The van der Waals surface area contributed by atoms with E-state index >= 15 is 0 Å². The highest BCUT2D eigenvalue weighted by Gasteiger charge is 2.19. The lowest BCUT2D eigenvalue weighted by molar-refractivity contribution is 0.102. The first-order valence-electron chi connectivity index (χ1n) is 6.47. The van der Waals surface area contributed by atoms with Crippen molar-refractivity contribution < 1.29 is 9.90 Å². The number of carbonyl (C=O) groups excluding carboxylic acids is 1. The Kier molecular flexibility index (Phi) is 3.06. The number of anilines is 1. The summed E-state index contributed by atoms with van der Waals surface area (Å²) in [5.41, 5.74) is 2.74. The zero-order chi connectivity index (χ0) is 15.0. The standard InChI is InChI=1S/C15H14N4O2/c1-9-4-5-11(12(20)8-9)17-15(21)13-10(2)18-19-7-3-6-16-14(13)19/h3-8,20H,1-2H3,(H,17,21). The molecule has 6 heteroatoms. The molecule has 3 rings (SSSR count). The number of rotatable bonds is 2. The Morgan fingerprint density at radius 3 is 2.90 bits per heavy atom. The largest absolute Gasteiger partial charge is 0.506 e. The maximum absolute atomic E-state index is 12.4. The van der Waals surface area contributed by atoms with Crippen LogP contribution in [-0.2, 0) is 0 Å². The lowest BCUT2D eigenvalue weighted by Crippen LogP contribution is -2.13. The highest BCUT2D eigenvalue weighted by atomic mass is 16.3. The first-order chi connectivity index (χ1) is 10.1. The van der Waals surface area contributed by atoms with Crippen LogP contribution in [0, 0.1) is 13.8 Å². The molecular weight excluding hydrogens is 268 g/mol. The van der Waals surface area contributed by atoms with Crippen LogP contribution in [0.15, 0.2) is 36.7 Å². The van der Waals surface area contributed by atoms with Crippen molar-refractivity contribution in [1.82, 2.24) is 14.6 Å². The Bertz CT molecular complexity index is 839. The predicted molar refractivity (Wildman–Crippen MR) is 78.5 cm³/mol. The SMILES string of the molecule is Cc1ccc(NC(=O)c2c(C)nn3cccnc23)c(O)c1. The third kappa shape index (κ3) is 2.31. The molecule has 0 unspecified atom stereocenters. The summed E-state index contributed by atoms with van der Waals surface area (Å²) >= 11 is 0. The minimum atomic E-state index is -0.347. The number of nitrogens with zero attached hydrogens (tertiary/aromatic N) is 3. The Balaban J connectivity index is 1.99. The molecule has 0 aliphatic heterocycles. The van der Waals surface area contributed by atoms with Crippen molar-refractivity contribution in [2.24, 2.45) is 0 Å². The number of phenolic OH excluding ortho intramolecular Hbond substituents is 1. The Hall–Kier alpha value is -2.89. The van der Waals surface area contributed by atoms with Gasteiger partial charge in [-0.1, -0.05) is 6.07 Å². The van der Waals surface area contributed by atoms with Crippen LogP contribution in [0.25, 0.3) is 5.65 Å². The fraction of sp³-hybridized carbons (Fsp3) is 0.133. The maximum atomic E-state index is 12.4. The first-order valence-corrected chi connectivity index (χ1v) is 6.47. The van der Waals surface area contributed by atoms with E-state index in [1.54, 1.807) is 42.0 Å². The van der Waals surface area contributed by atoms with E-state index in [4.69, 9.17) is 0 Å². The maximum Gasteiger partial charge on any atom is 0.261 e. The average Bonchev–Trinajstić information content (AvgIpc) is 2.77. The smallest absolute Gasteiger partial charge is 0.261 e. The summed E-state index contributed by atoms with van der Waals surface area (Å²) in [6, 6.07) is 6.82. The number of aromatic hydroxyl groups is 1. The van der Waals surface area contributed by atoms with Crippen LogP contribution in [0.5, 0.6) is 5.75 Å². The lowest BCUT2D eigenvalue weighted by Gasteiger charge is -2.07. The molecule has 0 fully saturated rings. The fourth-order valence-electron chi connectivity index (χ4n) is 2.19. The summed E-state index contributed by atoms with van der Waals surface area (Å²) in [5, 5.41) is 16.8. The van der Waals surface area contributed by atoms with Crippen molar-refractivity contribution in [2.75, 3.05) is 5.32 Å². The van der Waals surface area contributed by atoms with Gasteiger partial charge in [-0.05, 0) is 37.6 Å². The number of hydrogen-bond acceptors (Lipinski definition) is 4. The van der Waals surface area contributed by atoms with Crippen LogP contribution in [0.2, 0.25) is 0 Å². The van der Waals surface area contributed by atoms with Gasteiger partial charge in [-0.25, -0.2) is 9.50 Å². The monoisotopic (exact) mass is 282 g/mol. The van der Waals surface area contributed by atoms with E-state index in [1.165, 1.54) is 0 Å². The molecule has 0 atom stereocenters. The van der Waals surface area contributed by atoms with Crippen LogP contribution in [-0.4, -0.2) is 25.6 Å². The molecule has 1 aromatic carbocycles. The molecule has 0 saturated carbocycles. The quantitative estimate of drug-likeness (QED) is 0.707. The second-order valence-electron chi connectivity index (χ2n) is 4.82. The number of aryl methyl sites for hydroxylation is 2. The topological polar surface area (TPSA) is 79.5 Å². The lowest BCUT2D eigenvalue weighted by atomic mass is 10.2. The zero-order valence-electron chi connectivity index (χ0n) is 11.7. The van der Waals surface area contributed by atoms with Gasteiger partial charge in [-0.3, -0.25) is 4.79 Å². The number of nitrogens with one attached hydrogen (secondary N) is 1. The van der Waals surface area contributed by atoms with Gasteiger partial charge in [0.2, 0.25) is 0 Å². The van der Waals surface area contributed by atoms with Gasteiger partial charge in [0.1, 0.15) is 11.3 Å². The minimum Gasteiger partial charge on any atom is -0.506 e. The van der Waals surface area contributed by atoms with Crippen molar-refractivity contribution in [3.8, 4) is 5.75 Å². The van der Waals surface area contributed by atoms with Gasteiger partial charge >= 0.3 is 0 Å². The summed E-state index contributed by atoms with van der Waals surface area (Å²) in [4.78, 5) is 16.6. The third-order valence-corrected chi connectivity index (χ3v) is 3.20. The van der Waals surface area contributed by atoms with Crippen molar-refractivity contribution in [3.63, 3.8) is 0 Å². The third-order valence-electron chi connectivity index (χ3n) is 3.20. The van der Waals surface area contributed by atoms with Gasteiger partial charge < -0.3 is 10.4 Å². The van der Waals surface area contributed by atoms with Gasteiger partial charge in [0.15, 0.2) is 5.65 Å². The van der Waals surface area contributed by atoms with Crippen molar-refractivity contribution in [3.05, 3.63) is 53.5 Å². The van der Waals surface area contributed by atoms with Crippen molar-refractivity contribution >= 4 is 17.2 Å². The Morgan fingerprint density at radius 1 is 1.33 bits per heavy atom. The molecule has 21 heavy (non-hydrogen) atoms.